The predicted molar refractivity (Wildman–Crippen MR) is 96.8 cm³/mol. The maximum absolute atomic E-state index is 12.9. The molecule has 0 radical (unpaired) electrons. The molecule has 0 spiro atoms. The fourth-order valence-electron chi connectivity index (χ4n) is 1.98. The van der Waals surface area contributed by atoms with E-state index in [-0.39, 0.29) is 11.5 Å². The Morgan fingerprint density at radius 1 is 1.12 bits per heavy atom. The Morgan fingerprint density at radius 3 is 2.25 bits per heavy atom. The molecule has 0 N–H and O–H groups in total. The summed E-state index contributed by atoms with van der Waals surface area (Å²) in [5.74, 6) is -0.627. The molecule has 0 heterocycles. The fourth-order valence-corrected chi connectivity index (χ4v) is 3.78. The summed E-state index contributed by atoms with van der Waals surface area (Å²) in [5, 5.41) is 0.425. The van der Waals surface area contributed by atoms with Gasteiger partial charge in [0.25, 0.3) is 10.0 Å². The number of rotatable bonds is 6. The third kappa shape index (κ3) is 4.49. The van der Waals surface area contributed by atoms with Gasteiger partial charge in [0, 0.05) is 9.50 Å². The Balaban J connectivity index is 2.45. The second kappa shape index (κ2) is 8.00. The second-order valence-electron chi connectivity index (χ2n) is 4.75. The van der Waals surface area contributed by atoms with Crippen LogP contribution in [0.15, 0.2) is 57.9 Å². The Hall–Kier alpha value is -1.57. The molecule has 0 atom stereocenters. The van der Waals surface area contributed by atoms with Crippen molar-refractivity contribution in [2.45, 2.75) is 11.8 Å². The minimum absolute atomic E-state index is 0.0408. The van der Waals surface area contributed by atoms with E-state index in [1.54, 1.807) is 31.2 Å². The Bertz CT molecular complexity index is 807. The summed E-state index contributed by atoms with van der Waals surface area (Å²) >= 11 is 9.11. The van der Waals surface area contributed by atoms with Crippen LogP contribution in [0.2, 0.25) is 5.02 Å². The van der Waals surface area contributed by atoms with Crippen molar-refractivity contribution in [3.8, 4) is 0 Å². The van der Waals surface area contributed by atoms with Crippen molar-refractivity contribution in [3.05, 3.63) is 58.0 Å². The Kier molecular flexibility index (Phi) is 6.26. The van der Waals surface area contributed by atoms with Gasteiger partial charge in [-0.25, -0.2) is 8.42 Å². The summed E-state index contributed by atoms with van der Waals surface area (Å²) in [6, 6.07) is 12.4. The molecule has 0 aliphatic carbocycles. The van der Waals surface area contributed by atoms with E-state index in [2.05, 4.69) is 15.9 Å². The van der Waals surface area contributed by atoms with Crippen molar-refractivity contribution in [1.82, 2.24) is 0 Å². The first-order valence-corrected chi connectivity index (χ1v) is 9.65. The van der Waals surface area contributed by atoms with Crippen LogP contribution in [0.5, 0.6) is 0 Å². The van der Waals surface area contributed by atoms with Crippen LogP contribution in [0.1, 0.15) is 6.92 Å². The topological polar surface area (TPSA) is 63.7 Å². The quantitative estimate of drug-likeness (QED) is 0.650. The molecule has 0 fully saturated rings. The molecule has 5 nitrogen and oxygen atoms in total. The lowest BCUT2D eigenvalue weighted by atomic mass is 10.3. The van der Waals surface area contributed by atoms with Gasteiger partial charge < -0.3 is 4.74 Å². The lowest BCUT2D eigenvalue weighted by molar-refractivity contribution is -0.141. The third-order valence-electron chi connectivity index (χ3n) is 3.09. The lowest BCUT2D eigenvalue weighted by Crippen LogP contribution is -2.36. The molecule has 0 amide bonds. The van der Waals surface area contributed by atoms with Crippen LogP contribution in [0.3, 0.4) is 0 Å². The first-order valence-electron chi connectivity index (χ1n) is 7.04. The molecular weight excluding hydrogens is 418 g/mol. The zero-order valence-electron chi connectivity index (χ0n) is 12.8. The van der Waals surface area contributed by atoms with Crippen LogP contribution < -0.4 is 4.31 Å². The maximum atomic E-state index is 12.9. The number of hydrogen-bond donors (Lipinski definition) is 0. The number of sulfonamides is 1. The molecule has 24 heavy (non-hydrogen) atoms. The average molecular weight is 433 g/mol. The summed E-state index contributed by atoms with van der Waals surface area (Å²) in [7, 11) is -3.94. The SMILES string of the molecule is CCOC(=O)CN(c1ccc(Br)cc1)S(=O)(=O)c1ccc(Cl)cc1. The first-order chi connectivity index (χ1) is 11.3. The molecule has 0 unspecified atom stereocenters. The third-order valence-corrected chi connectivity index (χ3v) is 5.66. The van der Waals surface area contributed by atoms with Crippen LogP contribution in [-0.2, 0) is 19.6 Å². The van der Waals surface area contributed by atoms with Crippen LogP contribution >= 0.6 is 27.5 Å². The monoisotopic (exact) mass is 431 g/mol. The van der Waals surface area contributed by atoms with Gasteiger partial charge in [-0.2, -0.15) is 0 Å². The van der Waals surface area contributed by atoms with Gasteiger partial charge in [-0.1, -0.05) is 27.5 Å². The van der Waals surface area contributed by atoms with Gasteiger partial charge in [-0.15, -0.1) is 0 Å². The number of esters is 1. The van der Waals surface area contributed by atoms with E-state index >= 15 is 0 Å². The van der Waals surface area contributed by atoms with Gasteiger partial charge in [0.05, 0.1) is 17.2 Å². The van der Waals surface area contributed by atoms with Gasteiger partial charge in [0.2, 0.25) is 0 Å². The number of benzene rings is 2. The normalized spacial score (nSPS) is 11.1. The molecule has 8 heteroatoms. The van der Waals surface area contributed by atoms with Crippen LogP contribution in [0.4, 0.5) is 5.69 Å². The van der Waals surface area contributed by atoms with Gasteiger partial charge in [0.15, 0.2) is 0 Å². The molecule has 0 aliphatic heterocycles. The maximum Gasteiger partial charge on any atom is 0.326 e. The van der Waals surface area contributed by atoms with E-state index in [9.17, 15) is 13.2 Å². The highest BCUT2D eigenvalue weighted by atomic mass is 79.9. The number of halogens is 2. The highest BCUT2D eigenvalue weighted by molar-refractivity contribution is 9.10. The van der Waals surface area contributed by atoms with Crippen LogP contribution in [-0.4, -0.2) is 27.5 Å². The van der Waals surface area contributed by atoms with E-state index in [0.29, 0.717) is 10.7 Å². The molecule has 2 aromatic rings. The zero-order valence-corrected chi connectivity index (χ0v) is 15.9. The number of nitrogens with zero attached hydrogens (tertiary/aromatic N) is 1. The van der Waals surface area contributed by atoms with Gasteiger partial charge in [0.1, 0.15) is 6.54 Å². The minimum atomic E-state index is -3.94. The summed E-state index contributed by atoms with van der Waals surface area (Å²) in [6.07, 6.45) is 0. The van der Waals surface area contributed by atoms with Crippen molar-refractivity contribution in [2.24, 2.45) is 0 Å². The van der Waals surface area contributed by atoms with Crippen molar-refractivity contribution in [3.63, 3.8) is 0 Å². The largest absolute Gasteiger partial charge is 0.465 e. The molecular formula is C16H15BrClNO4S. The average Bonchev–Trinajstić information content (AvgIpc) is 2.54. The molecule has 2 rings (SSSR count). The van der Waals surface area contributed by atoms with Crippen molar-refractivity contribution in [2.75, 3.05) is 17.5 Å². The van der Waals surface area contributed by atoms with E-state index < -0.39 is 22.5 Å². The van der Waals surface area contributed by atoms with Crippen molar-refractivity contribution < 1.29 is 17.9 Å². The molecule has 2 aromatic carbocycles. The zero-order chi connectivity index (χ0) is 17.7. The summed E-state index contributed by atoms with van der Waals surface area (Å²) in [4.78, 5) is 11.9. The predicted octanol–water partition coefficient (Wildman–Crippen LogP) is 3.86. The molecule has 0 aliphatic rings. The standard InChI is InChI=1S/C16H15BrClNO4S/c1-2-23-16(20)11-19(14-7-3-12(17)4-8-14)24(21,22)15-9-5-13(18)6-10-15/h3-10H,2,11H2,1H3. The van der Waals surface area contributed by atoms with Crippen molar-refractivity contribution >= 4 is 49.2 Å². The minimum Gasteiger partial charge on any atom is -0.465 e. The molecule has 0 aromatic heterocycles. The van der Waals surface area contributed by atoms with Gasteiger partial charge in [-0.05, 0) is 55.5 Å². The Labute approximate surface area is 154 Å². The summed E-state index contributed by atoms with van der Waals surface area (Å²) in [5.41, 5.74) is 0.362. The lowest BCUT2D eigenvalue weighted by Gasteiger charge is -2.23. The van der Waals surface area contributed by atoms with Crippen molar-refractivity contribution in [1.29, 1.82) is 0 Å². The highest BCUT2D eigenvalue weighted by Gasteiger charge is 2.27. The number of anilines is 1. The first kappa shape index (κ1) is 18.8. The van der Waals surface area contributed by atoms with Crippen LogP contribution in [0.25, 0.3) is 0 Å². The number of hydrogen-bond acceptors (Lipinski definition) is 4. The molecule has 0 saturated carbocycles. The Morgan fingerprint density at radius 2 is 1.71 bits per heavy atom. The second-order valence-corrected chi connectivity index (χ2v) is 7.96. The highest BCUT2D eigenvalue weighted by Crippen LogP contribution is 2.26. The molecule has 128 valence electrons. The van der Waals surface area contributed by atoms with E-state index in [4.69, 9.17) is 16.3 Å². The smallest absolute Gasteiger partial charge is 0.326 e. The van der Waals surface area contributed by atoms with Gasteiger partial charge >= 0.3 is 5.97 Å². The van der Waals surface area contributed by atoms with Crippen LogP contribution in [0, 0.1) is 0 Å². The van der Waals surface area contributed by atoms with E-state index in [1.165, 1.54) is 24.3 Å². The number of carbonyl (C=O) groups excluding carboxylic acids is 1. The van der Waals surface area contributed by atoms with E-state index in [1.807, 2.05) is 0 Å². The van der Waals surface area contributed by atoms with Gasteiger partial charge in [-0.3, -0.25) is 9.10 Å². The molecule has 0 bridgehead atoms. The van der Waals surface area contributed by atoms with E-state index in [0.717, 1.165) is 8.78 Å². The summed E-state index contributed by atoms with van der Waals surface area (Å²) < 4.78 is 32.6. The number of ether oxygens (including phenoxy) is 1. The summed E-state index contributed by atoms with van der Waals surface area (Å²) in [6.45, 7) is 1.42. The molecule has 0 saturated heterocycles. The number of carbonyl (C=O) groups is 1. The fraction of sp³-hybridized carbons (Fsp3) is 0.188.